The molecule has 3 aromatic carbocycles. The van der Waals surface area contributed by atoms with Crippen LogP contribution in [-0.2, 0) is 13.0 Å². The summed E-state index contributed by atoms with van der Waals surface area (Å²) in [5.74, 6) is 0.658. The fourth-order valence-corrected chi connectivity index (χ4v) is 3.78. The first-order valence-corrected chi connectivity index (χ1v) is 9.58. The second-order valence-corrected chi connectivity index (χ2v) is 6.76. The van der Waals surface area contributed by atoms with Crippen molar-refractivity contribution in [3.05, 3.63) is 96.8 Å². The molecule has 0 N–H and O–H groups in total. The summed E-state index contributed by atoms with van der Waals surface area (Å²) in [7, 11) is 0. The van der Waals surface area contributed by atoms with Crippen molar-refractivity contribution < 1.29 is 9.13 Å². The molecule has 1 heterocycles. The summed E-state index contributed by atoms with van der Waals surface area (Å²) >= 11 is 0. The Morgan fingerprint density at radius 1 is 0.929 bits per heavy atom. The second-order valence-electron chi connectivity index (χ2n) is 6.76. The van der Waals surface area contributed by atoms with Gasteiger partial charge in [-0.15, -0.1) is 0 Å². The third-order valence-corrected chi connectivity index (χ3v) is 5.02. The van der Waals surface area contributed by atoms with E-state index in [1.165, 1.54) is 28.8 Å². The normalized spacial score (nSPS) is 11.1. The first kappa shape index (κ1) is 18.3. The number of aromatic nitrogens is 1. The molecule has 0 aliphatic heterocycles. The van der Waals surface area contributed by atoms with E-state index < -0.39 is 0 Å². The van der Waals surface area contributed by atoms with Gasteiger partial charge in [0.25, 0.3) is 0 Å². The van der Waals surface area contributed by atoms with Crippen LogP contribution < -0.4 is 4.74 Å². The molecule has 0 fully saturated rings. The van der Waals surface area contributed by atoms with Gasteiger partial charge in [-0.2, -0.15) is 0 Å². The molecule has 1 radical (unpaired) electrons. The van der Waals surface area contributed by atoms with Gasteiger partial charge in [0.2, 0.25) is 0 Å². The Morgan fingerprint density at radius 2 is 1.64 bits per heavy atom. The van der Waals surface area contributed by atoms with Crippen LogP contribution in [0.15, 0.2) is 72.8 Å². The molecule has 28 heavy (non-hydrogen) atoms. The first-order chi connectivity index (χ1) is 13.7. The summed E-state index contributed by atoms with van der Waals surface area (Å²) in [5.41, 5.74) is 5.76. The van der Waals surface area contributed by atoms with Crippen molar-refractivity contribution in [3.8, 4) is 16.9 Å². The topological polar surface area (TPSA) is 14.2 Å². The molecule has 3 heteroatoms. The van der Waals surface area contributed by atoms with Crippen molar-refractivity contribution >= 4 is 10.9 Å². The predicted molar refractivity (Wildman–Crippen MR) is 113 cm³/mol. The zero-order valence-electron chi connectivity index (χ0n) is 16.0. The van der Waals surface area contributed by atoms with E-state index in [4.69, 9.17) is 4.74 Å². The summed E-state index contributed by atoms with van der Waals surface area (Å²) in [5, 5.41) is 1.20. The van der Waals surface area contributed by atoms with Gasteiger partial charge in [-0.1, -0.05) is 42.5 Å². The molecule has 4 aromatic rings. The van der Waals surface area contributed by atoms with Gasteiger partial charge >= 0.3 is 0 Å². The Labute approximate surface area is 165 Å². The molecule has 0 amide bonds. The number of halogens is 1. The van der Waals surface area contributed by atoms with Crippen LogP contribution in [0.4, 0.5) is 4.39 Å². The van der Waals surface area contributed by atoms with Gasteiger partial charge in [-0.05, 0) is 61.7 Å². The van der Waals surface area contributed by atoms with Gasteiger partial charge < -0.3 is 9.30 Å². The minimum Gasteiger partial charge on any atom is -0.494 e. The van der Waals surface area contributed by atoms with Crippen LogP contribution in [0.25, 0.3) is 22.0 Å². The average molecular weight is 372 g/mol. The molecule has 141 valence electrons. The molecule has 0 aliphatic carbocycles. The van der Waals surface area contributed by atoms with E-state index in [2.05, 4.69) is 47.9 Å². The van der Waals surface area contributed by atoms with E-state index >= 15 is 0 Å². The summed E-state index contributed by atoms with van der Waals surface area (Å²) in [6.45, 7) is 7.52. The van der Waals surface area contributed by atoms with Crippen molar-refractivity contribution in [2.75, 3.05) is 6.61 Å². The minimum atomic E-state index is -0.214. The van der Waals surface area contributed by atoms with Crippen molar-refractivity contribution in [2.24, 2.45) is 0 Å². The molecular formula is C25H23FNO. The van der Waals surface area contributed by atoms with Crippen LogP contribution in [0.3, 0.4) is 0 Å². The summed E-state index contributed by atoms with van der Waals surface area (Å²) < 4.78 is 21.2. The number of hydrogen-bond acceptors (Lipinski definition) is 1. The van der Waals surface area contributed by atoms with Gasteiger partial charge in [-0.3, -0.25) is 0 Å². The molecule has 0 atom stereocenters. The SMILES string of the molecule is [CH2]Cc1c(-c2ccc(OCC)cc2)c2ccccc2n1Cc1ccc(F)cc1. The third-order valence-electron chi connectivity index (χ3n) is 5.02. The standard InChI is InChI=1S/C25H23FNO/c1-3-23-25(19-11-15-21(16-12-19)28-4-2)22-7-5-6-8-24(22)27(23)17-18-9-13-20(26)14-10-18/h5-16H,1,3-4,17H2,2H3. The minimum absolute atomic E-state index is 0.214. The number of rotatable bonds is 6. The highest BCUT2D eigenvalue weighted by molar-refractivity contribution is 5.98. The number of fused-ring (bicyclic) bond motifs is 1. The van der Waals surface area contributed by atoms with Crippen LogP contribution in [0.1, 0.15) is 18.2 Å². The molecule has 0 bridgehead atoms. The number of nitrogens with zero attached hydrogens (tertiary/aromatic N) is 1. The van der Waals surface area contributed by atoms with Gasteiger partial charge in [0.05, 0.1) is 6.61 Å². The molecule has 4 rings (SSSR count). The molecule has 2 nitrogen and oxygen atoms in total. The first-order valence-electron chi connectivity index (χ1n) is 9.58. The quantitative estimate of drug-likeness (QED) is 0.389. The van der Waals surface area contributed by atoms with Crippen LogP contribution in [0.5, 0.6) is 5.75 Å². The smallest absolute Gasteiger partial charge is 0.123 e. The molecular weight excluding hydrogens is 349 g/mol. The summed E-state index contributed by atoms with van der Waals surface area (Å²) in [6, 6.07) is 23.3. The average Bonchev–Trinajstić information content (AvgIpc) is 3.04. The van der Waals surface area contributed by atoms with Gasteiger partial charge in [0, 0.05) is 28.7 Å². The Morgan fingerprint density at radius 3 is 2.32 bits per heavy atom. The highest BCUT2D eigenvalue weighted by atomic mass is 19.1. The molecule has 0 saturated carbocycles. The van der Waals surface area contributed by atoms with Crippen molar-refractivity contribution in [1.82, 2.24) is 4.57 Å². The molecule has 0 aliphatic rings. The van der Waals surface area contributed by atoms with Gasteiger partial charge in [-0.25, -0.2) is 4.39 Å². The number of benzene rings is 3. The lowest BCUT2D eigenvalue weighted by Gasteiger charge is -2.12. The van der Waals surface area contributed by atoms with Crippen LogP contribution in [0, 0.1) is 12.7 Å². The van der Waals surface area contributed by atoms with Crippen LogP contribution >= 0.6 is 0 Å². The van der Waals surface area contributed by atoms with E-state index in [9.17, 15) is 4.39 Å². The summed E-state index contributed by atoms with van der Waals surface area (Å²) in [4.78, 5) is 0. The zero-order valence-corrected chi connectivity index (χ0v) is 16.0. The van der Waals surface area contributed by atoms with Crippen molar-refractivity contribution in [2.45, 2.75) is 19.9 Å². The molecule has 1 aromatic heterocycles. The third kappa shape index (κ3) is 3.40. The lowest BCUT2D eigenvalue weighted by molar-refractivity contribution is 0.340. The van der Waals surface area contributed by atoms with Crippen molar-refractivity contribution in [1.29, 1.82) is 0 Å². The monoisotopic (exact) mass is 372 g/mol. The van der Waals surface area contributed by atoms with E-state index in [-0.39, 0.29) is 5.82 Å². The van der Waals surface area contributed by atoms with E-state index in [0.29, 0.717) is 19.6 Å². The highest BCUT2D eigenvalue weighted by Gasteiger charge is 2.17. The lowest BCUT2D eigenvalue weighted by Crippen LogP contribution is -2.04. The van der Waals surface area contributed by atoms with Crippen LogP contribution in [0.2, 0.25) is 0 Å². The maximum Gasteiger partial charge on any atom is 0.123 e. The number of para-hydroxylation sites is 1. The summed E-state index contributed by atoms with van der Waals surface area (Å²) in [6.07, 6.45) is 0.665. The highest BCUT2D eigenvalue weighted by Crippen LogP contribution is 2.36. The molecule has 0 unspecified atom stereocenters. The largest absolute Gasteiger partial charge is 0.494 e. The van der Waals surface area contributed by atoms with E-state index in [0.717, 1.165) is 22.4 Å². The van der Waals surface area contributed by atoms with Gasteiger partial charge in [0.15, 0.2) is 0 Å². The lowest BCUT2D eigenvalue weighted by atomic mass is 10.0. The Bertz CT molecular complexity index is 1080. The molecule has 0 spiro atoms. The fraction of sp³-hybridized carbons (Fsp3) is 0.160. The number of hydrogen-bond donors (Lipinski definition) is 0. The van der Waals surface area contributed by atoms with E-state index in [1.54, 1.807) is 0 Å². The predicted octanol–water partition coefficient (Wildman–Crippen LogP) is 6.27. The maximum absolute atomic E-state index is 13.3. The second kappa shape index (κ2) is 7.89. The maximum atomic E-state index is 13.3. The number of ether oxygens (including phenoxy) is 1. The Hall–Kier alpha value is -3.07. The fourth-order valence-electron chi connectivity index (χ4n) is 3.78. The molecule has 0 saturated heterocycles. The van der Waals surface area contributed by atoms with Gasteiger partial charge in [0.1, 0.15) is 11.6 Å². The van der Waals surface area contributed by atoms with Crippen LogP contribution in [-0.4, -0.2) is 11.2 Å². The van der Waals surface area contributed by atoms with Crippen molar-refractivity contribution in [3.63, 3.8) is 0 Å². The zero-order chi connectivity index (χ0) is 19.5. The Balaban J connectivity index is 1.85. The Kier molecular flexibility index (Phi) is 5.16. The van der Waals surface area contributed by atoms with E-state index in [1.807, 2.05) is 31.2 Å².